The molecule has 2 aromatic carbocycles. The van der Waals surface area contributed by atoms with Gasteiger partial charge in [-0.3, -0.25) is 9.59 Å². The van der Waals surface area contributed by atoms with Gasteiger partial charge in [-0.2, -0.15) is 0 Å². The van der Waals surface area contributed by atoms with E-state index in [0.29, 0.717) is 22.6 Å². The number of benzene rings is 2. The lowest BCUT2D eigenvalue weighted by molar-refractivity contribution is -0.305. The Kier molecular flexibility index (Phi) is 5.37. The average molecular weight is 422 g/mol. The number of carbonyl (C=O) groups is 3. The number of aliphatic carboxylic acids is 1. The minimum Gasteiger partial charge on any atom is -0.550 e. The maximum Gasteiger partial charge on any atom is 0.295 e. The molecule has 2 aliphatic rings. The summed E-state index contributed by atoms with van der Waals surface area (Å²) in [5.74, 6) is -2.15. The molecule has 8 nitrogen and oxygen atoms in total. The molecule has 0 spiro atoms. The molecule has 1 saturated heterocycles. The molecule has 8 heteroatoms. The van der Waals surface area contributed by atoms with E-state index in [1.54, 1.807) is 42.5 Å². The molecule has 1 unspecified atom stereocenters. The Morgan fingerprint density at radius 2 is 1.84 bits per heavy atom. The maximum absolute atomic E-state index is 12.9. The number of hydrogen-bond donors (Lipinski definition) is 1. The van der Waals surface area contributed by atoms with Crippen molar-refractivity contribution in [2.45, 2.75) is 25.8 Å². The molecule has 160 valence electrons. The second kappa shape index (κ2) is 8.14. The average Bonchev–Trinajstić information content (AvgIpc) is 3.31. The smallest absolute Gasteiger partial charge is 0.295 e. The summed E-state index contributed by atoms with van der Waals surface area (Å²) in [7, 11) is 0. The Labute approximate surface area is 178 Å². The van der Waals surface area contributed by atoms with Crippen LogP contribution in [-0.2, 0) is 14.4 Å². The summed E-state index contributed by atoms with van der Waals surface area (Å²) in [6, 6.07) is 11.1. The van der Waals surface area contributed by atoms with Crippen LogP contribution in [0.4, 0.5) is 0 Å². The van der Waals surface area contributed by atoms with Crippen LogP contribution in [0.5, 0.6) is 11.5 Å². The van der Waals surface area contributed by atoms with Gasteiger partial charge in [0.25, 0.3) is 11.7 Å². The number of likely N-dealkylation sites (tertiary alicyclic amines) is 1. The molecule has 0 aromatic heterocycles. The summed E-state index contributed by atoms with van der Waals surface area (Å²) in [6.45, 7) is 1.98. The number of nitrogens with zero attached hydrogens (tertiary/aromatic N) is 1. The fraction of sp³-hybridized carbons (Fsp3) is 0.261. The molecule has 1 amide bonds. The molecule has 2 aromatic rings. The van der Waals surface area contributed by atoms with Crippen LogP contribution in [-0.4, -0.2) is 41.0 Å². The van der Waals surface area contributed by atoms with E-state index in [-0.39, 0.29) is 37.5 Å². The molecular weight excluding hydrogens is 402 g/mol. The van der Waals surface area contributed by atoms with E-state index in [9.17, 15) is 24.6 Å². The number of amides is 1. The molecule has 0 bridgehead atoms. The van der Waals surface area contributed by atoms with Crippen molar-refractivity contribution in [3.05, 3.63) is 64.7 Å². The van der Waals surface area contributed by atoms with E-state index in [1.165, 1.54) is 4.90 Å². The summed E-state index contributed by atoms with van der Waals surface area (Å²) in [5, 5.41) is 21.8. The second-order valence-corrected chi connectivity index (χ2v) is 7.45. The number of aliphatic hydroxyl groups excluding tert-OH is 1. The molecule has 1 fully saturated rings. The third kappa shape index (κ3) is 3.84. The Hall–Kier alpha value is -3.81. The van der Waals surface area contributed by atoms with Gasteiger partial charge >= 0.3 is 0 Å². The summed E-state index contributed by atoms with van der Waals surface area (Å²) in [4.78, 5) is 37.8. The summed E-state index contributed by atoms with van der Waals surface area (Å²) in [5.41, 5.74) is 1.88. The van der Waals surface area contributed by atoms with Gasteiger partial charge in [-0.15, -0.1) is 0 Å². The SMILES string of the molecule is Cc1ccc(C(O)=C2C(=O)C(=O)N(CCCC(=O)[O-])C2c2ccc3c(c2)OCO3)cc1. The van der Waals surface area contributed by atoms with Crippen LogP contribution >= 0.6 is 0 Å². The predicted octanol–water partition coefficient (Wildman–Crippen LogP) is 1.68. The van der Waals surface area contributed by atoms with Crippen molar-refractivity contribution in [1.82, 2.24) is 4.90 Å². The number of Topliss-reactive ketones (excluding diaryl/α,β-unsaturated/α-hetero) is 1. The second-order valence-electron chi connectivity index (χ2n) is 7.45. The van der Waals surface area contributed by atoms with Gasteiger partial charge in [-0.05, 0) is 37.5 Å². The Morgan fingerprint density at radius 3 is 2.55 bits per heavy atom. The first-order valence-electron chi connectivity index (χ1n) is 9.81. The van der Waals surface area contributed by atoms with Crippen molar-refractivity contribution < 1.29 is 34.1 Å². The van der Waals surface area contributed by atoms with Crippen molar-refractivity contribution >= 4 is 23.4 Å². The molecule has 2 aliphatic heterocycles. The largest absolute Gasteiger partial charge is 0.550 e. The number of carboxylic acid groups (broad SMARTS) is 1. The highest BCUT2D eigenvalue weighted by Gasteiger charge is 2.46. The number of aliphatic hydroxyl groups is 1. The number of ether oxygens (including phenoxy) is 2. The number of hydrogen-bond acceptors (Lipinski definition) is 7. The normalized spacial score (nSPS) is 19.1. The minimum absolute atomic E-state index is 0.0162. The van der Waals surface area contributed by atoms with Gasteiger partial charge in [0, 0.05) is 18.1 Å². The number of carbonyl (C=O) groups excluding carboxylic acids is 3. The first-order valence-corrected chi connectivity index (χ1v) is 9.81. The predicted molar refractivity (Wildman–Crippen MR) is 107 cm³/mol. The summed E-state index contributed by atoms with van der Waals surface area (Å²) in [6.07, 6.45) is -0.143. The molecule has 4 rings (SSSR count). The topological polar surface area (TPSA) is 116 Å². The zero-order chi connectivity index (χ0) is 22.1. The molecule has 1 atom stereocenters. The molecular formula is C23H20NO7-. The van der Waals surface area contributed by atoms with Crippen LogP contribution in [0.15, 0.2) is 48.0 Å². The first-order chi connectivity index (χ1) is 14.9. The van der Waals surface area contributed by atoms with Crippen LogP contribution in [0.3, 0.4) is 0 Å². The molecule has 0 aliphatic carbocycles. The number of rotatable bonds is 6. The van der Waals surface area contributed by atoms with Crippen molar-refractivity contribution in [2.24, 2.45) is 0 Å². The zero-order valence-electron chi connectivity index (χ0n) is 16.8. The van der Waals surface area contributed by atoms with E-state index in [4.69, 9.17) is 9.47 Å². The van der Waals surface area contributed by atoms with Crippen LogP contribution in [0.1, 0.15) is 35.6 Å². The number of aryl methyl sites for hydroxylation is 1. The van der Waals surface area contributed by atoms with Crippen LogP contribution in [0, 0.1) is 6.92 Å². The molecule has 31 heavy (non-hydrogen) atoms. The summed E-state index contributed by atoms with van der Waals surface area (Å²) < 4.78 is 10.7. The highest BCUT2D eigenvalue weighted by Crippen LogP contribution is 2.43. The monoisotopic (exact) mass is 422 g/mol. The van der Waals surface area contributed by atoms with Gasteiger partial charge in [0.2, 0.25) is 6.79 Å². The van der Waals surface area contributed by atoms with Crippen molar-refractivity contribution in [3.63, 3.8) is 0 Å². The van der Waals surface area contributed by atoms with Gasteiger partial charge in [0.05, 0.1) is 11.6 Å². The number of ketones is 1. The lowest BCUT2D eigenvalue weighted by Gasteiger charge is -2.25. The van der Waals surface area contributed by atoms with Gasteiger partial charge in [0.1, 0.15) is 5.76 Å². The van der Waals surface area contributed by atoms with E-state index < -0.39 is 23.7 Å². The van der Waals surface area contributed by atoms with E-state index >= 15 is 0 Å². The van der Waals surface area contributed by atoms with Crippen molar-refractivity contribution in [1.29, 1.82) is 0 Å². The quantitative estimate of drug-likeness (QED) is 0.428. The van der Waals surface area contributed by atoms with E-state index in [2.05, 4.69) is 0 Å². The number of fused-ring (bicyclic) bond motifs is 1. The lowest BCUT2D eigenvalue weighted by Crippen LogP contribution is -2.32. The Balaban J connectivity index is 1.80. The van der Waals surface area contributed by atoms with E-state index in [1.807, 2.05) is 6.92 Å². The minimum atomic E-state index is -1.24. The molecule has 0 radical (unpaired) electrons. The maximum atomic E-state index is 12.9. The molecule has 0 saturated carbocycles. The molecule has 2 heterocycles. The highest BCUT2D eigenvalue weighted by atomic mass is 16.7. The third-order valence-corrected chi connectivity index (χ3v) is 5.36. The lowest BCUT2D eigenvalue weighted by atomic mass is 9.94. The van der Waals surface area contributed by atoms with Crippen molar-refractivity contribution in [2.75, 3.05) is 13.3 Å². The number of carboxylic acids is 1. The fourth-order valence-corrected chi connectivity index (χ4v) is 3.80. The van der Waals surface area contributed by atoms with Crippen LogP contribution < -0.4 is 14.6 Å². The highest BCUT2D eigenvalue weighted by molar-refractivity contribution is 6.46. The third-order valence-electron chi connectivity index (χ3n) is 5.36. The standard InChI is InChI=1S/C23H21NO7/c1-13-4-6-14(7-5-13)21(27)19-20(15-8-9-16-17(11-15)31-12-30-16)24(23(29)22(19)28)10-2-3-18(25)26/h4-9,11,20,27H,2-3,10,12H2,1H3,(H,25,26)/p-1. The first kappa shape index (κ1) is 20.5. The van der Waals surface area contributed by atoms with Gasteiger partial charge in [0.15, 0.2) is 11.5 Å². The van der Waals surface area contributed by atoms with Crippen LogP contribution in [0.25, 0.3) is 5.76 Å². The zero-order valence-corrected chi connectivity index (χ0v) is 16.8. The van der Waals surface area contributed by atoms with Gasteiger partial charge < -0.3 is 29.4 Å². The van der Waals surface area contributed by atoms with Crippen LogP contribution in [0.2, 0.25) is 0 Å². The Bertz CT molecular complexity index is 1090. The summed E-state index contributed by atoms with van der Waals surface area (Å²) >= 11 is 0. The van der Waals surface area contributed by atoms with Crippen molar-refractivity contribution in [3.8, 4) is 11.5 Å². The van der Waals surface area contributed by atoms with E-state index in [0.717, 1.165) is 5.56 Å². The van der Waals surface area contributed by atoms with Gasteiger partial charge in [-0.25, -0.2) is 0 Å². The van der Waals surface area contributed by atoms with Gasteiger partial charge in [-0.1, -0.05) is 35.9 Å². The fourth-order valence-electron chi connectivity index (χ4n) is 3.80. The molecule has 1 N–H and O–H groups in total. The Morgan fingerprint density at radius 1 is 1.13 bits per heavy atom.